The van der Waals surface area contributed by atoms with Gasteiger partial charge in [-0.2, -0.15) is 0 Å². The summed E-state index contributed by atoms with van der Waals surface area (Å²) in [4.78, 5) is 5.38. The first-order valence-corrected chi connectivity index (χ1v) is 8.50. The van der Waals surface area contributed by atoms with Crippen LogP contribution in [0.5, 0.6) is 0 Å². The molecular weight excluding hydrogens is 234 g/mol. The van der Waals surface area contributed by atoms with Gasteiger partial charge in [0.2, 0.25) is 0 Å². The molecule has 0 spiro atoms. The summed E-state index contributed by atoms with van der Waals surface area (Å²) in [5, 5.41) is 0. The van der Waals surface area contributed by atoms with Gasteiger partial charge in [-0.3, -0.25) is 0 Å². The Kier molecular flexibility index (Phi) is 4.78. The van der Waals surface area contributed by atoms with E-state index in [9.17, 15) is 0 Å². The molecule has 3 nitrogen and oxygen atoms in total. The maximum Gasteiger partial charge on any atom is 0.0109 e. The average Bonchev–Trinajstić information content (AvgIpc) is 2.96. The molecule has 3 atom stereocenters. The maximum atomic E-state index is 5.62. The average molecular weight is 265 g/mol. The lowest BCUT2D eigenvalue weighted by Crippen LogP contribution is -2.35. The topological polar surface area (TPSA) is 32.5 Å². The largest absolute Gasteiger partial charge is 0.330 e. The molecule has 2 aliphatic carbocycles. The van der Waals surface area contributed by atoms with Gasteiger partial charge in [0.1, 0.15) is 0 Å². The van der Waals surface area contributed by atoms with Gasteiger partial charge in [0.05, 0.1) is 0 Å². The fraction of sp³-hybridized carbons (Fsp3) is 1.00. The Bertz CT molecular complexity index is 281. The second-order valence-electron chi connectivity index (χ2n) is 7.07. The zero-order valence-electron chi connectivity index (χ0n) is 12.4. The Balaban J connectivity index is 1.42. The highest BCUT2D eigenvalue weighted by Crippen LogP contribution is 2.48. The summed E-state index contributed by atoms with van der Waals surface area (Å²) in [7, 11) is 0. The SMILES string of the molecule is NCCCN1CCCN(CC2CC3CCC2C3)CC1. The first-order valence-electron chi connectivity index (χ1n) is 8.50. The van der Waals surface area contributed by atoms with Crippen LogP contribution < -0.4 is 5.73 Å². The summed E-state index contributed by atoms with van der Waals surface area (Å²) in [6, 6.07) is 0. The van der Waals surface area contributed by atoms with E-state index in [4.69, 9.17) is 5.73 Å². The first kappa shape index (κ1) is 13.8. The lowest BCUT2D eigenvalue weighted by atomic mass is 9.88. The van der Waals surface area contributed by atoms with Crippen molar-refractivity contribution in [3.63, 3.8) is 0 Å². The van der Waals surface area contributed by atoms with Crippen LogP contribution in [0.4, 0.5) is 0 Å². The number of hydrogen-bond donors (Lipinski definition) is 1. The van der Waals surface area contributed by atoms with E-state index in [-0.39, 0.29) is 0 Å². The lowest BCUT2D eigenvalue weighted by Gasteiger charge is -2.29. The highest BCUT2D eigenvalue weighted by molar-refractivity contribution is 4.91. The van der Waals surface area contributed by atoms with Crippen LogP contribution in [0.3, 0.4) is 0 Å². The first-order chi connectivity index (χ1) is 9.35. The number of rotatable bonds is 5. The predicted molar refractivity (Wildman–Crippen MR) is 80.1 cm³/mol. The highest BCUT2D eigenvalue weighted by Gasteiger charge is 2.39. The number of fused-ring (bicyclic) bond motifs is 2. The molecule has 1 saturated heterocycles. The molecule has 2 N–H and O–H groups in total. The van der Waals surface area contributed by atoms with Gasteiger partial charge in [0.15, 0.2) is 0 Å². The van der Waals surface area contributed by atoms with Gasteiger partial charge in [-0.1, -0.05) is 6.42 Å². The van der Waals surface area contributed by atoms with Crippen LogP contribution in [0.25, 0.3) is 0 Å². The summed E-state index contributed by atoms with van der Waals surface area (Å²) in [6.45, 7) is 8.61. The van der Waals surface area contributed by atoms with Crippen LogP contribution in [-0.2, 0) is 0 Å². The second kappa shape index (κ2) is 6.55. The molecular formula is C16H31N3. The second-order valence-corrected chi connectivity index (χ2v) is 7.07. The molecule has 2 saturated carbocycles. The summed E-state index contributed by atoms with van der Waals surface area (Å²) in [6.07, 6.45) is 8.68. The van der Waals surface area contributed by atoms with Crippen LogP contribution >= 0.6 is 0 Å². The van der Waals surface area contributed by atoms with Crippen molar-refractivity contribution in [3.05, 3.63) is 0 Å². The van der Waals surface area contributed by atoms with Crippen molar-refractivity contribution < 1.29 is 0 Å². The number of nitrogens with zero attached hydrogens (tertiary/aromatic N) is 2. The predicted octanol–water partition coefficient (Wildman–Crippen LogP) is 1.78. The molecule has 3 aliphatic rings. The third kappa shape index (κ3) is 3.50. The molecule has 19 heavy (non-hydrogen) atoms. The van der Waals surface area contributed by atoms with Crippen molar-refractivity contribution in [2.24, 2.45) is 23.5 Å². The molecule has 0 aromatic rings. The van der Waals surface area contributed by atoms with Crippen LogP contribution in [0.1, 0.15) is 38.5 Å². The van der Waals surface area contributed by atoms with E-state index in [1.807, 2.05) is 0 Å². The molecule has 110 valence electrons. The molecule has 3 heteroatoms. The van der Waals surface area contributed by atoms with Crippen LogP contribution in [0, 0.1) is 17.8 Å². The zero-order valence-corrected chi connectivity index (χ0v) is 12.4. The smallest absolute Gasteiger partial charge is 0.0109 e. The van der Waals surface area contributed by atoms with E-state index >= 15 is 0 Å². The van der Waals surface area contributed by atoms with Crippen molar-refractivity contribution in [2.75, 3.05) is 45.8 Å². The fourth-order valence-electron chi connectivity index (χ4n) is 4.68. The summed E-state index contributed by atoms with van der Waals surface area (Å²) in [5.41, 5.74) is 5.62. The minimum Gasteiger partial charge on any atom is -0.330 e. The molecule has 3 unspecified atom stereocenters. The molecule has 0 amide bonds. The van der Waals surface area contributed by atoms with Gasteiger partial charge in [-0.15, -0.1) is 0 Å². The number of hydrogen-bond acceptors (Lipinski definition) is 3. The Morgan fingerprint density at radius 3 is 2.53 bits per heavy atom. The van der Waals surface area contributed by atoms with Crippen LogP contribution in [-0.4, -0.2) is 55.6 Å². The van der Waals surface area contributed by atoms with E-state index < -0.39 is 0 Å². The Morgan fingerprint density at radius 2 is 1.79 bits per heavy atom. The van der Waals surface area contributed by atoms with Crippen LogP contribution in [0.15, 0.2) is 0 Å². The summed E-state index contributed by atoms with van der Waals surface area (Å²) >= 11 is 0. The van der Waals surface area contributed by atoms with Gasteiger partial charge in [0.25, 0.3) is 0 Å². The van der Waals surface area contributed by atoms with Crippen molar-refractivity contribution in [1.29, 1.82) is 0 Å². The van der Waals surface area contributed by atoms with Crippen LogP contribution in [0.2, 0.25) is 0 Å². The molecule has 3 rings (SSSR count). The lowest BCUT2D eigenvalue weighted by molar-refractivity contribution is 0.191. The van der Waals surface area contributed by atoms with Crippen molar-refractivity contribution in [1.82, 2.24) is 9.80 Å². The maximum absolute atomic E-state index is 5.62. The van der Waals surface area contributed by atoms with Gasteiger partial charge < -0.3 is 15.5 Å². The third-order valence-electron chi connectivity index (χ3n) is 5.74. The van der Waals surface area contributed by atoms with Gasteiger partial charge in [0, 0.05) is 19.6 Å². The molecule has 0 radical (unpaired) electrons. The standard InChI is InChI=1S/C16H31N3/c17-5-1-6-18-7-2-8-19(10-9-18)13-16-12-14-3-4-15(16)11-14/h14-16H,1-13,17H2. The quantitative estimate of drug-likeness (QED) is 0.822. The van der Waals surface area contributed by atoms with Gasteiger partial charge in [-0.25, -0.2) is 0 Å². The Labute approximate surface area is 118 Å². The summed E-state index contributed by atoms with van der Waals surface area (Å²) < 4.78 is 0. The third-order valence-corrected chi connectivity index (χ3v) is 5.74. The Morgan fingerprint density at radius 1 is 0.947 bits per heavy atom. The fourth-order valence-corrected chi connectivity index (χ4v) is 4.68. The van der Waals surface area contributed by atoms with Crippen molar-refractivity contribution >= 4 is 0 Å². The molecule has 0 aromatic carbocycles. The normalized spacial score (nSPS) is 36.8. The minimum absolute atomic E-state index is 0.839. The van der Waals surface area contributed by atoms with Gasteiger partial charge >= 0.3 is 0 Å². The van der Waals surface area contributed by atoms with Gasteiger partial charge in [-0.05, 0) is 76.0 Å². The number of nitrogens with two attached hydrogens (primary N) is 1. The zero-order chi connectivity index (χ0) is 13.1. The highest BCUT2D eigenvalue weighted by atomic mass is 15.2. The Hall–Kier alpha value is -0.120. The molecule has 1 aliphatic heterocycles. The summed E-state index contributed by atoms with van der Waals surface area (Å²) in [5.74, 6) is 3.22. The monoisotopic (exact) mass is 265 g/mol. The molecule has 0 aromatic heterocycles. The minimum atomic E-state index is 0.839. The molecule has 1 heterocycles. The van der Waals surface area contributed by atoms with Crippen molar-refractivity contribution in [2.45, 2.75) is 38.5 Å². The van der Waals surface area contributed by atoms with Crippen molar-refractivity contribution in [3.8, 4) is 0 Å². The van der Waals surface area contributed by atoms with E-state index in [2.05, 4.69) is 9.80 Å². The molecule has 3 fully saturated rings. The van der Waals surface area contributed by atoms with E-state index in [0.29, 0.717) is 0 Å². The van der Waals surface area contributed by atoms with E-state index in [1.165, 1.54) is 65.0 Å². The molecule has 2 bridgehead atoms. The van der Waals surface area contributed by atoms with E-state index in [1.54, 1.807) is 6.42 Å². The van der Waals surface area contributed by atoms with E-state index in [0.717, 1.165) is 30.7 Å².